The number of aryl methyl sites for hydroxylation is 1. The molecule has 5 nitrogen and oxygen atoms in total. The van der Waals surface area contributed by atoms with E-state index in [1.807, 2.05) is 31.2 Å². The Kier molecular flexibility index (Phi) is 3.23. The van der Waals surface area contributed by atoms with Crippen LogP contribution in [0.1, 0.15) is 21.7 Å². The molecule has 0 atom stereocenters. The molecule has 0 spiro atoms. The monoisotopic (exact) mass is 243 g/mol. The van der Waals surface area contributed by atoms with Gasteiger partial charge in [0.2, 0.25) is 5.78 Å². The van der Waals surface area contributed by atoms with Crippen LogP contribution in [0.25, 0.3) is 5.69 Å². The van der Waals surface area contributed by atoms with E-state index in [9.17, 15) is 4.79 Å². The first-order valence-corrected chi connectivity index (χ1v) is 5.48. The summed E-state index contributed by atoms with van der Waals surface area (Å²) < 4.78 is 1.60. The number of aliphatic hydroxyl groups excluding tert-OH is 1. The maximum atomic E-state index is 11.6. The lowest BCUT2D eigenvalue weighted by Crippen LogP contribution is -2.01. The van der Waals surface area contributed by atoms with Crippen molar-refractivity contribution >= 4 is 5.78 Å². The molecule has 2 aromatic rings. The highest BCUT2D eigenvalue weighted by Gasteiger charge is 2.14. The second-order valence-electron chi connectivity index (χ2n) is 3.95. The van der Waals surface area contributed by atoms with E-state index in [0.717, 1.165) is 17.3 Å². The van der Waals surface area contributed by atoms with Gasteiger partial charge in [-0.25, -0.2) is 4.68 Å². The summed E-state index contributed by atoms with van der Waals surface area (Å²) in [6.07, 6.45) is 1.75. The molecule has 1 heterocycles. The maximum absolute atomic E-state index is 11.6. The van der Waals surface area contributed by atoms with Gasteiger partial charge in [0.15, 0.2) is 5.69 Å². The molecule has 0 radical (unpaired) electrons. The quantitative estimate of drug-likeness (QED) is 0.509. The number of nitrogens with zero attached hydrogens (tertiary/aromatic N) is 3. The lowest BCUT2D eigenvalue weighted by molar-refractivity contribution is 0.104. The number of aliphatic hydroxyl groups is 1. The van der Waals surface area contributed by atoms with E-state index in [-0.39, 0.29) is 11.5 Å². The predicted octanol–water partition coefficient (Wildman–Crippen LogP) is 2.14. The molecule has 0 aliphatic heterocycles. The van der Waals surface area contributed by atoms with E-state index in [2.05, 4.69) is 10.3 Å². The highest BCUT2D eigenvalue weighted by molar-refractivity contribution is 6.03. The molecule has 1 aromatic carbocycles. The normalized spacial score (nSPS) is 11.0. The molecule has 0 unspecified atom stereocenters. The van der Waals surface area contributed by atoms with Crippen molar-refractivity contribution in [2.45, 2.75) is 13.8 Å². The van der Waals surface area contributed by atoms with E-state index >= 15 is 0 Å². The topological polar surface area (TPSA) is 68.0 Å². The van der Waals surface area contributed by atoms with Crippen molar-refractivity contribution < 1.29 is 9.90 Å². The first-order chi connectivity index (χ1) is 8.63. The Morgan fingerprint density at radius 3 is 2.56 bits per heavy atom. The number of hydrogen-bond donors (Lipinski definition) is 1. The summed E-state index contributed by atoms with van der Waals surface area (Å²) in [7, 11) is 0. The van der Waals surface area contributed by atoms with Gasteiger partial charge in [-0.15, -0.1) is 5.10 Å². The summed E-state index contributed by atoms with van der Waals surface area (Å²) in [5.41, 5.74) is 2.87. The van der Waals surface area contributed by atoms with Gasteiger partial charge in [-0.1, -0.05) is 22.9 Å². The van der Waals surface area contributed by atoms with Crippen molar-refractivity contribution in [2.24, 2.45) is 0 Å². The van der Waals surface area contributed by atoms with Gasteiger partial charge in [0.25, 0.3) is 0 Å². The van der Waals surface area contributed by atoms with Gasteiger partial charge >= 0.3 is 0 Å². The zero-order valence-corrected chi connectivity index (χ0v) is 10.2. The largest absolute Gasteiger partial charge is 0.515 e. The zero-order chi connectivity index (χ0) is 13.1. The number of carbonyl (C=O) groups is 1. The Morgan fingerprint density at radius 2 is 1.94 bits per heavy atom. The molecule has 1 N–H and O–H groups in total. The summed E-state index contributed by atoms with van der Waals surface area (Å²) in [5.74, 6) is -0.367. The molecule has 0 saturated heterocycles. The smallest absolute Gasteiger partial charge is 0.211 e. The zero-order valence-electron chi connectivity index (χ0n) is 10.2. The number of hydrogen-bond acceptors (Lipinski definition) is 4. The van der Waals surface area contributed by atoms with Gasteiger partial charge in [-0.3, -0.25) is 4.79 Å². The van der Waals surface area contributed by atoms with Crippen molar-refractivity contribution in [3.05, 3.63) is 53.6 Å². The van der Waals surface area contributed by atoms with E-state index in [0.29, 0.717) is 12.0 Å². The molecular formula is C13H13N3O2. The fourth-order valence-corrected chi connectivity index (χ4v) is 1.63. The van der Waals surface area contributed by atoms with Crippen LogP contribution < -0.4 is 0 Å². The van der Waals surface area contributed by atoms with Crippen LogP contribution in [0.5, 0.6) is 0 Å². The van der Waals surface area contributed by atoms with Crippen molar-refractivity contribution in [3.63, 3.8) is 0 Å². The predicted molar refractivity (Wildman–Crippen MR) is 66.9 cm³/mol. The van der Waals surface area contributed by atoms with Crippen molar-refractivity contribution in [1.29, 1.82) is 0 Å². The molecular weight excluding hydrogens is 230 g/mol. The maximum Gasteiger partial charge on any atom is 0.211 e. The van der Waals surface area contributed by atoms with Crippen LogP contribution in [0.2, 0.25) is 0 Å². The van der Waals surface area contributed by atoms with Crippen LogP contribution in [-0.4, -0.2) is 25.9 Å². The average molecular weight is 243 g/mol. The van der Waals surface area contributed by atoms with Crippen LogP contribution >= 0.6 is 0 Å². The first kappa shape index (κ1) is 12.0. The van der Waals surface area contributed by atoms with Gasteiger partial charge in [0.05, 0.1) is 17.6 Å². The minimum absolute atomic E-state index is 0.237. The SMILES string of the molecule is Cc1ccc(-n2nnc(C(=O)C=CO)c2C)cc1. The Labute approximate surface area is 104 Å². The molecule has 5 heteroatoms. The Hall–Kier alpha value is -2.43. The molecule has 18 heavy (non-hydrogen) atoms. The van der Waals surface area contributed by atoms with Crippen LogP contribution in [0.15, 0.2) is 36.6 Å². The highest BCUT2D eigenvalue weighted by Crippen LogP contribution is 2.13. The third-order valence-electron chi connectivity index (χ3n) is 2.63. The fourth-order valence-electron chi connectivity index (χ4n) is 1.63. The van der Waals surface area contributed by atoms with Crippen LogP contribution in [0.3, 0.4) is 0 Å². The molecule has 0 fully saturated rings. The third kappa shape index (κ3) is 2.15. The number of carbonyl (C=O) groups excluding carboxylic acids is 1. The van der Waals surface area contributed by atoms with Crippen molar-refractivity contribution in [2.75, 3.05) is 0 Å². The number of rotatable bonds is 3. The van der Waals surface area contributed by atoms with Gasteiger partial charge < -0.3 is 5.11 Å². The highest BCUT2D eigenvalue weighted by atomic mass is 16.2. The summed E-state index contributed by atoms with van der Waals surface area (Å²) in [4.78, 5) is 11.6. The van der Waals surface area contributed by atoms with Crippen LogP contribution in [-0.2, 0) is 0 Å². The number of ketones is 1. The second kappa shape index (κ2) is 4.83. The van der Waals surface area contributed by atoms with Gasteiger partial charge in [-0.2, -0.15) is 0 Å². The Balaban J connectivity index is 2.42. The molecule has 0 aliphatic rings. The van der Waals surface area contributed by atoms with E-state index in [1.54, 1.807) is 11.6 Å². The van der Waals surface area contributed by atoms with E-state index in [1.165, 1.54) is 0 Å². The standard InChI is InChI=1S/C13H13N3O2/c1-9-3-5-11(6-4-9)16-10(2)13(14-15-16)12(18)7-8-17/h3-8,17H,1-2H3. The molecule has 0 saturated carbocycles. The lowest BCUT2D eigenvalue weighted by Gasteiger charge is -2.03. The number of aromatic nitrogens is 3. The van der Waals surface area contributed by atoms with E-state index < -0.39 is 0 Å². The molecule has 92 valence electrons. The van der Waals surface area contributed by atoms with Crippen LogP contribution in [0, 0.1) is 13.8 Å². The molecule has 0 bridgehead atoms. The Morgan fingerprint density at radius 1 is 1.28 bits per heavy atom. The van der Waals surface area contributed by atoms with Gasteiger partial charge in [0.1, 0.15) is 0 Å². The summed E-state index contributed by atoms with van der Waals surface area (Å²) in [6.45, 7) is 3.76. The van der Waals surface area contributed by atoms with Gasteiger partial charge in [-0.05, 0) is 26.0 Å². The van der Waals surface area contributed by atoms with Crippen LogP contribution in [0.4, 0.5) is 0 Å². The van der Waals surface area contributed by atoms with E-state index in [4.69, 9.17) is 5.11 Å². The summed E-state index contributed by atoms with van der Waals surface area (Å²) >= 11 is 0. The minimum atomic E-state index is -0.367. The molecule has 2 rings (SSSR count). The minimum Gasteiger partial charge on any atom is -0.515 e. The first-order valence-electron chi connectivity index (χ1n) is 5.48. The molecule has 0 amide bonds. The van der Waals surface area contributed by atoms with Gasteiger partial charge in [0, 0.05) is 6.08 Å². The fraction of sp³-hybridized carbons (Fsp3) is 0.154. The summed E-state index contributed by atoms with van der Waals surface area (Å²) in [5, 5.41) is 16.4. The molecule has 1 aromatic heterocycles. The Bertz CT molecular complexity index is 597. The summed E-state index contributed by atoms with van der Waals surface area (Å²) in [6, 6.07) is 7.75. The third-order valence-corrected chi connectivity index (χ3v) is 2.63. The van der Waals surface area contributed by atoms with Crippen molar-refractivity contribution in [3.8, 4) is 5.69 Å². The average Bonchev–Trinajstić information content (AvgIpc) is 2.73. The molecule has 0 aliphatic carbocycles. The number of benzene rings is 1. The number of allylic oxidation sites excluding steroid dienone is 1. The second-order valence-corrected chi connectivity index (χ2v) is 3.95. The van der Waals surface area contributed by atoms with Crippen molar-refractivity contribution in [1.82, 2.24) is 15.0 Å². The lowest BCUT2D eigenvalue weighted by atomic mass is 10.2.